The fourth-order valence-electron chi connectivity index (χ4n) is 1.44. The van der Waals surface area contributed by atoms with Crippen molar-refractivity contribution in [2.45, 2.75) is 39.5 Å². The van der Waals surface area contributed by atoms with E-state index in [0.717, 1.165) is 0 Å². The van der Waals surface area contributed by atoms with Crippen LogP contribution in [0.15, 0.2) is 0 Å². The number of carboxylic acids is 1. The van der Waals surface area contributed by atoms with Crippen LogP contribution < -0.4 is 5.32 Å². The van der Waals surface area contributed by atoms with Gasteiger partial charge in [0.1, 0.15) is 11.7 Å². The largest absolute Gasteiger partial charge is 0.481 e. The molecule has 0 aromatic carbocycles. The lowest BCUT2D eigenvalue weighted by molar-refractivity contribution is -0.145. The number of piperidine rings is 1. The molecular formula is C11H21NO3. The number of carbonyl (C=O) groups is 2. The van der Waals surface area contributed by atoms with Gasteiger partial charge in [-0.2, -0.15) is 0 Å². The number of carbonyl (C=O) groups excluding carboxylic acids is 1. The van der Waals surface area contributed by atoms with Crippen molar-refractivity contribution in [3.63, 3.8) is 0 Å². The molecule has 0 aromatic rings. The number of ketones is 1. The molecule has 15 heavy (non-hydrogen) atoms. The minimum Gasteiger partial charge on any atom is -0.481 e. The molecule has 4 nitrogen and oxygen atoms in total. The molecule has 1 aliphatic heterocycles. The van der Waals surface area contributed by atoms with Crippen LogP contribution in [0, 0.1) is 5.92 Å². The van der Waals surface area contributed by atoms with E-state index in [4.69, 9.17) is 5.11 Å². The van der Waals surface area contributed by atoms with E-state index in [1.165, 1.54) is 39.3 Å². The average molecular weight is 215 g/mol. The number of hydrogen-bond donors (Lipinski definition) is 2. The second kappa shape index (κ2) is 8.41. The van der Waals surface area contributed by atoms with Crippen molar-refractivity contribution in [3.8, 4) is 0 Å². The van der Waals surface area contributed by atoms with E-state index in [2.05, 4.69) is 5.32 Å². The van der Waals surface area contributed by atoms with Crippen LogP contribution in [0.3, 0.4) is 0 Å². The summed E-state index contributed by atoms with van der Waals surface area (Å²) in [4.78, 5) is 20.6. The molecule has 1 heterocycles. The molecule has 0 saturated carbocycles. The van der Waals surface area contributed by atoms with Crippen molar-refractivity contribution < 1.29 is 14.7 Å². The maximum Gasteiger partial charge on any atom is 0.314 e. The van der Waals surface area contributed by atoms with E-state index in [9.17, 15) is 9.59 Å². The SMILES string of the molecule is C1CCNCC1.CCC(C(C)=O)C(=O)O. The topological polar surface area (TPSA) is 66.4 Å². The highest BCUT2D eigenvalue weighted by Gasteiger charge is 2.19. The molecule has 88 valence electrons. The molecule has 1 fully saturated rings. The molecule has 0 bridgehead atoms. The van der Waals surface area contributed by atoms with Gasteiger partial charge in [-0.15, -0.1) is 0 Å². The monoisotopic (exact) mass is 215 g/mol. The van der Waals surface area contributed by atoms with E-state index < -0.39 is 11.9 Å². The van der Waals surface area contributed by atoms with Crippen LogP contribution in [-0.2, 0) is 9.59 Å². The molecule has 0 aliphatic carbocycles. The molecule has 1 unspecified atom stereocenters. The van der Waals surface area contributed by atoms with E-state index in [1.54, 1.807) is 6.92 Å². The van der Waals surface area contributed by atoms with Crippen LogP contribution in [0.2, 0.25) is 0 Å². The summed E-state index contributed by atoms with van der Waals surface area (Å²) < 4.78 is 0. The van der Waals surface area contributed by atoms with Crippen molar-refractivity contribution in [2.75, 3.05) is 13.1 Å². The fourth-order valence-corrected chi connectivity index (χ4v) is 1.44. The van der Waals surface area contributed by atoms with E-state index in [1.807, 2.05) is 0 Å². The Morgan fingerprint density at radius 3 is 1.87 bits per heavy atom. The summed E-state index contributed by atoms with van der Waals surface area (Å²) in [6, 6.07) is 0. The second-order valence-corrected chi connectivity index (χ2v) is 3.72. The maximum absolute atomic E-state index is 10.4. The second-order valence-electron chi connectivity index (χ2n) is 3.72. The molecule has 1 saturated heterocycles. The Balaban J connectivity index is 0.000000280. The summed E-state index contributed by atoms with van der Waals surface area (Å²) >= 11 is 0. The fraction of sp³-hybridized carbons (Fsp3) is 0.818. The zero-order chi connectivity index (χ0) is 11.7. The third kappa shape index (κ3) is 7.08. The van der Waals surface area contributed by atoms with Gasteiger partial charge in [0.15, 0.2) is 0 Å². The van der Waals surface area contributed by atoms with Gasteiger partial charge >= 0.3 is 5.97 Å². The van der Waals surface area contributed by atoms with Crippen molar-refractivity contribution in [2.24, 2.45) is 5.92 Å². The molecule has 1 atom stereocenters. The number of rotatable bonds is 3. The summed E-state index contributed by atoms with van der Waals surface area (Å²) in [6.45, 7) is 5.47. The van der Waals surface area contributed by atoms with Crippen LogP contribution in [0.4, 0.5) is 0 Å². The van der Waals surface area contributed by atoms with Crippen LogP contribution in [0.1, 0.15) is 39.5 Å². The molecule has 1 aliphatic rings. The van der Waals surface area contributed by atoms with Crippen LogP contribution in [0.25, 0.3) is 0 Å². The Morgan fingerprint density at radius 2 is 1.80 bits per heavy atom. The lowest BCUT2D eigenvalue weighted by Gasteiger charge is -2.08. The highest BCUT2D eigenvalue weighted by atomic mass is 16.4. The first-order valence-electron chi connectivity index (χ1n) is 5.53. The summed E-state index contributed by atoms with van der Waals surface area (Å²) in [5.74, 6) is -2.10. The van der Waals surface area contributed by atoms with Crippen molar-refractivity contribution in [1.82, 2.24) is 5.32 Å². The quantitative estimate of drug-likeness (QED) is 0.699. The third-order valence-corrected chi connectivity index (χ3v) is 2.40. The predicted octanol–water partition coefficient (Wildman–Crippen LogP) is 1.45. The zero-order valence-electron chi connectivity index (χ0n) is 9.58. The van der Waals surface area contributed by atoms with Crippen molar-refractivity contribution >= 4 is 11.8 Å². The minimum atomic E-state index is -1.02. The number of aliphatic carboxylic acids is 1. The first kappa shape index (κ1) is 14.1. The zero-order valence-corrected chi connectivity index (χ0v) is 9.58. The molecule has 1 rings (SSSR count). The highest BCUT2D eigenvalue weighted by molar-refractivity contribution is 5.96. The summed E-state index contributed by atoms with van der Waals surface area (Å²) in [6.07, 6.45) is 4.59. The van der Waals surface area contributed by atoms with Gasteiger partial charge in [-0.05, 0) is 39.3 Å². The molecule has 4 heteroatoms. The van der Waals surface area contributed by atoms with Gasteiger partial charge in [0.2, 0.25) is 0 Å². The van der Waals surface area contributed by atoms with Gasteiger partial charge in [-0.25, -0.2) is 0 Å². The lowest BCUT2D eigenvalue weighted by atomic mass is 10.0. The first-order valence-corrected chi connectivity index (χ1v) is 5.53. The molecule has 0 aromatic heterocycles. The Hall–Kier alpha value is -0.900. The maximum atomic E-state index is 10.4. The highest BCUT2D eigenvalue weighted by Crippen LogP contribution is 2.02. The van der Waals surface area contributed by atoms with E-state index in [-0.39, 0.29) is 5.78 Å². The Bertz CT molecular complexity index is 174. The molecule has 0 spiro atoms. The summed E-state index contributed by atoms with van der Waals surface area (Å²) in [5.41, 5.74) is 0. The summed E-state index contributed by atoms with van der Waals surface area (Å²) in [7, 11) is 0. The van der Waals surface area contributed by atoms with Gasteiger partial charge in [-0.3, -0.25) is 9.59 Å². The van der Waals surface area contributed by atoms with Crippen molar-refractivity contribution in [1.29, 1.82) is 0 Å². The van der Waals surface area contributed by atoms with E-state index in [0.29, 0.717) is 6.42 Å². The van der Waals surface area contributed by atoms with Gasteiger partial charge < -0.3 is 10.4 Å². The van der Waals surface area contributed by atoms with Gasteiger partial charge in [0, 0.05) is 0 Å². The van der Waals surface area contributed by atoms with Gasteiger partial charge in [0.25, 0.3) is 0 Å². The molecular weight excluding hydrogens is 194 g/mol. The molecule has 2 N–H and O–H groups in total. The number of carboxylic acid groups (broad SMARTS) is 1. The lowest BCUT2D eigenvalue weighted by Crippen LogP contribution is -2.21. The average Bonchev–Trinajstić information content (AvgIpc) is 2.21. The number of nitrogens with one attached hydrogen (secondary N) is 1. The molecule has 0 amide bonds. The standard InChI is InChI=1S/C6H10O3.C5H11N/c1-3-5(4(2)7)6(8)9;1-2-4-6-5-3-1/h5H,3H2,1-2H3,(H,8,9);6H,1-5H2. The Morgan fingerprint density at radius 1 is 1.27 bits per heavy atom. The summed E-state index contributed by atoms with van der Waals surface area (Å²) in [5, 5.41) is 11.6. The van der Waals surface area contributed by atoms with Crippen LogP contribution >= 0.6 is 0 Å². The van der Waals surface area contributed by atoms with E-state index >= 15 is 0 Å². The number of Topliss-reactive ketones (excluding diaryl/α,β-unsaturated/α-hetero) is 1. The number of hydrogen-bond acceptors (Lipinski definition) is 3. The van der Waals surface area contributed by atoms with Crippen LogP contribution in [0.5, 0.6) is 0 Å². The molecule has 0 radical (unpaired) electrons. The van der Waals surface area contributed by atoms with Crippen LogP contribution in [-0.4, -0.2) is 29.9 Å². The predicted molar refractivity (Wildman–Crippen MR) is 58.8 cm³/mol. The minimum absolute atomic E-state index is 0.273. The Kier molecular flexibility index (Phi) is 7.91. The Labute approximate surface area is 91.1 Å². The first-order chi connectivity index (χ1) is 7.09. The smallest absolute Gasteiger partial charge is 0.314 e. The van der Waals surface area contributed by atoms with Crippen molar-refractivity contribution in [3.05, 3.63) is 0 Å². The third-order valence-electron chi connectivity index (χ3n) is 2.40. The normalized spacial score (nSPS) is 17.2. The van der Waals surface area contributed by atoms with Gasteiger partial charge in [-0.1, -0.05) is 13.3 Å². The van der Waals surface area contributed by atoms with Gasteiger partial charge in [0.05, 0.1) is 0 Å².